The van der Waals surface area contributed by atoms with E-state index in [9.17, 15) is 13.2 Å². The van der Waals surface area contributed by atoms with Gasteiger partial charge >= 0.3 is 6.18 Å². The first-order chi connectivity index (χ1) is 13.3. The van der Waals surface area contributed by atoms with Gasteiger partial charge in [-0.15, -0.1) is 0 Å². The van der Waals surface area contributed by atoms with Gasteiger partial charge in [0.25, 0.3) is 0 Å². The Morgan fingerprint density at radius 2 is 1.89 bits per heavy atom. The molecule has 28 heavy (non-hydrogen) atoms. The number of aromatic nitrogens is 5. The number of hydrogen-bond acceptors (Lipinski definition) is 7. The number of piperazine rings is 1. The van der Waals surface area contributed by atoms with Gasteiger partial charge in [-0.25, -0.2) is 9.97 Å². The number of alkyl halides is 3. The van der Waals surface area contributed by atoms with Gasteiger partial charge in [-0.1, -0.05) is 19.0 Å². The lowest BCUT2D eigenvalue weighted by Crippen LogP contribution is -2.46. The highest BCUT2D eigenvalue weighted by Gasteiger charge is 2.34. The normalized spacial score (nSPS) is 16.4. The second kappa shape index (κ2) is 7.04. The Bertz CT molecular complexity index is 957. The van der Waals surface area contributed by atoms with Gasteiger partial charge in [0.1, 0.15) is 0 Å². The minimum Gasteiger partial charge on any atom is -0.351 e. The van der Waals surface area contributed by atoms with Crippen LogP contribution in [-0.2, 0) is 12.7 Å². The van der Waals surface area contributed by atoms with Crippen LogP contribution in [0.4, 0.5) is 19.0 Å². The molecule has 0 aromatic carbocycles. The molecule has 0 aliphatic carbocycles. The molecule has 3 aromatic rings. The van der Waals surface area contributed by atoms with Crippen molar-refractivity contribution in [2.75, 3.05) is 31.1 Å². The lowest BCUT2D eigenvalue weighted by molar-refractivity contribution is -0.140. The van der Waals surface area contributed by atoms with E-state index in [1.807, 2.05) is 18.7 Å². The van der Waals surface area contributed by atoms with Gasteiger partial charge in [0.15, 0.2) is 23.0 Å². The van der Waals surface area contributed by atoms with Crippen molar-refractivity contribution in [2.45, 2.75) is 32.5 Å². The van der Waals surface area contributed by atoms with Gasteiger partial charge in [-0.2, -0.15) is 18.2 Å². The van der Waals surface area contributed by atoms with E-state index in [1.54, 1.807) is 0 Å². The Morgan fingerprint density at radius 1 is 1.14 bits per heavy atom. The minimum absolute atomic E-state index is 0.206. The van der Waals surface area contributed by atoms with Gasteiger partial charge < -0.3 is 13.8 Å². The zero-order chi connectivity index (χ0) is 19.9. The largest absolute Gasteiger partial charge is 0.434 e. The van der Waals surface area contributed by atoms with Crippen molar-refractivity contribution in [1.29, 1.82) is 0 Å². The molecule has 0 amide bonds. The Labute approximate surface area is 159 Å². The van der Waals surface area contributed by atoms with Crippen LogP contribution in [0.25, 0.3) is 5.65 Å². The van der Waals surface area contributed by atoms with E-state index < -0.39 is 11.9 Å². The number of fused-ring (bicyclic) bond motifs is 1. The van der Waals surface area contributed by atoms with E-state index >= 15 is 0 Å². The summed E-state index contributed by atoms with van der Waals surface area (Å²) in [6.07, 6.45) is -0.540. The Morgan fingerprint density at radius 3 is 2.54 bits per heavy atom. The van der Waals surface area contributed by atoms with Crippen LogP contribution < -0.4 is 4.90 Å². The number of rotatable bonds is 4. The molecule has 1 fully saturated rings. The number of imidazole rings is 1. The fraction of sp³-hybridized carbons (Fsp3) is 0.529. The molecule has 11 heteroatoms. The predicted molar refractivity (Wildman–Crippen MR) is 93.9 cm³/mol. The molecule has 0 bridgehead atoms. The molecule has 0 N–H and O–H groups in total. The van der Waals surface area contributed by atoms with E-state index in [1.165, 1.54) is 16.8 Å². The molecule has 4 rings (SSSR count). The van der Waals surface area contributed by atoms with Gasteiger partial charge in [0, 0.05) is 50.7 Å². The standard InChI is InChI=1S/C17H20F3N7O/c1-11(2)14-23-13(28-24-14)10-25-5-7-26(8-6-25)15-16-22-12(17(18,19)20)9-27(16)4-3-21-15/h3-4,9,11H,5-8,10H2,1-2H3. The average molecular weight is 395 g/mol. The molecule has 3 aromatic heterocycles. The zero-order valence-corrected chi connectivity index (χ0v) is 15.5. The van der Waals surface area contributed by atoms with Crippen molar-refractivity contribution in [3.8, 4) is 0 Å². The summed E-state index contributed by atoms with van der Waals surface area (Å²) < 4.78 is 45.6. The molecule has 0 atom stereocenters. The summed E-state index contributed by atoms with van der Waals surface area (Å²) in [5.74, 6) is 1.92. The first kappa shape index (κ1) is 18.7. The van der Waals surface area contributed by atoms with Crippen LogP contribution in [0.2, 0.25) is 0 Å². The molecule has 4 heterocycles. The summed E-state index contributed by atoms with van der Waals surface area (Å²) in [7, 11) is 0. The summed E-state index contributed by atoms with van der Waals surface area (Å²) in [5, 5.41) is 3.96. The van der Waals surface area contributed by atoms with E-state index in [0.29, 0.717) is 50.3 Å². The minimum atomic E-state index is -4.49. The zero-order valence-electron chi connectivity index (χ0n) is 15.5. The van der Waals surface area contributed by atoms with E-state index in [4.69, 9.17) is 4.52 Å². The Hall–Kier alpha value is -2.69. The molecular weight excluding hydrogens is 375 g/mol. The second-order valence-corrected chi connectivity index (χ2v) is 7.07. The molecule has 0 saturated carbocycles. The van der Waals surface area contributed by atoms with Crippen LogP contribution in [0.5, 0.6) is 0 Å². The highest BCUT2D eigenvalue weighted by Crippen LogP contribution is 2.30. The van der Waals surface area contributed by atoms with Crippen LogP contribution in [0.15, 0.2) is 23.1 Å². The molecule has 1 saturated heterocycles. The Balaban J connectivity index is 1.45. The third-order valence-corrected chi connectivity index (χ3v) is 4.68. The highest BCUT2D eigenvalue weighted by molar-refractivity contribution is 5.64. The third-order valence-electron chi connectivity index (χ3n) is 4.68. The first-order valence-electron chi connectivity index (χ1n) is 9.02. The quantitative estimate of drug-likeness (QED) is 0.672. The number of nitrogens with zero attached hydrogens (tertiary/aromatic N) is 7. The van der Waals surface area contributed by atoms with Crippen LogP contribution in [0.3, 0.4) is 0 Å². The van der Waals surface area contributed by atoms with E-state index in [0.717, 1.165) is 6.20 Å². The van der Waals surface area contributed by atoms with Gasteiger partial charge in [0.2, 0.25) is 5.89 Å². The maximum Gasteiger partial charge on any atom is 0.434 e. The number of halogens is 3. The molecule has 1 aliphatic rings. The molecule has 8 nitrogen and oxygen atoms in total. The van der Waals surface area contributed by atoms with E-state index in [-0.39, 0.29) is 11.6 Å². The third kappa shape index (κ3) is 3.66. The smallest absolute Gasteiger partial charge is 0.351 e. The van der Waals surface area contributed by atoms with Crippen molar-refractivity contribution >= 4 is 11.5 Å². The van der Waals surface area contributed by atoms with Crippen LogP contribution in [0.1, 0.15) is 37.2 Å². The van der Waals surface area contributed by atoms with Gasteiger partial charge in [-0.3, -0.25) is 4.90 Å². The molecule has 0 spiro atoms. The predicted octanol–water partition coefficient (Wildman–Crippen LogP) is 2.58. The summed E-state index contributed by atoms with van der Waals surface area (Å²) in [6.45, 7) is 7.19. The van der Waals surface area contributed by atoms with Crippen molar-refractivity contribution < 1.29 is 17.7 Å². The first-order valence-corrected chi connectivity index (χ1v) is 9.02. The fourth-order valence-electron chi connectivity index (χ4n) is 3.14. The SMILES string of the molecule is CC(C)c1noc(CN2CCN(c3nccn4cc(C(F)(F)F)nc34)CC2)n1. The van der Waals surface area contributed by atoms with Crippen LogP contribution in [-0.4, -0.2) is 55.6 Å². The maximum absolute atomic E-state index is 13.0. The lowest BCUT2D eigenvalue weighted by Gasteiger charge is -2.34. The highest BCUT2D eigenvalue weighted by atomic mass is 19.4. The molecule has 0 radical (unpaired) electrons. The Kier molecular flexibility index (Phi) is 4.69. The average Bonchev–Trinajstić information content (AvgIpc) is 3.28. The summed E-state index contributed by atoms with van der Waals surface area (Å²) in [4.78, 5) is 16.5. The van der Waals surface area contributed by atoms with Crippen molar-refractivity contribution in [3.63, 3.8) is 0 Å². The fourth-order valence-corrected chi connectivity index (χ4v) is 3.14. The van der Waals surface area contributed by atoms with Crippen LogP contribution in [0, 0.1) is 0 Å². The van der Waals surface area contributed by atoms with Crippen molar-refractivity contribution in [3.05, 3.63) is 36.0 Å². The van der Waals surface area contributed by atoms with E-state index in [2.05, 4.69) is 25.0 Å². The monoisotopic (exact) mass is 395 g/mol. The number of hydrogen-bond donors (Lipinski definition) is 0. The molecule has 1 aliphatic heterocycles. The van der Waals surface area contributed by atoms with Crippen molar-refractivity contribution in [1.82, 2.24) is 29.4 Å². The molecular formula is C17H20F3N7O. The number of anilines is 1. The second-order valence-electron chi connectivity index (χ2n) is 7.07. The van der Waals surface area contributed by atoms with Gasteiger partial charge in [-0.05, 0) is 0 Å². The van der Waals surface area contributed by atoms with Crippen molar-refractivity contribution in [2.24, 2.45) is 0 Å². The molecule has 0 unspecified atom stereocenters. The summed E-state index contributed by atoms with van der Waals surface area (Å²) in [6, 6.07) is 0. The summed E-state index contributed by atoms with van der Waals surface area (Å²) in [5.41, 5.74) is -0.709. The maximum atomic E-state index is 13.0. The van der Waals surface area contributed by atoms with Crippen LogP contribution >= 0.6 is 0 Å². The van der Waals surface area contributed by atoms with Gasteiger partial charge in [0.05, 0.1) is 6.54 Å². The molecule has 150 valence electrons. The summed E-state index contributed by atoms with van der Waals surface area (Å²) >= 11 is 0. The lowest BCUT2D eigenvalue weighted by atomic mass is 10.2. The topological polar surface area (TPSA) is 75.6 Å².